The van der Waals surface area contributed by atoms with Crippen molar-refractivity contribution in [3.8, 4) is 5.75 Å². The number of nitrogen functional groups attached to an aromatic ring is 1. The van der Waals surface area contributed by atoms with Gasteiger partial charge in [0.2, 0.25) is 0 Å². The predicted molar refractivity (Wildman–Crippen MR) is 74.3 cm³/mol. The fourth-order valence-electron chi connectivity index (χ4n) is 2.43. The molecule has 0 amide bonds. The minimum Gasteiger partial charge on any atom is -0.487 e. The van der Waals surface area contributed by atoms with E-state index in [0.717, 1.165) is 36.7 Å². The summed E-state index contributed by atoms with van der Waals surface area (Å²) in [4.78, 5) is 2.29. The third-order valence-corrected chi connectivity index (χ3v) is 4.19. The van der Waals surface area contributed by atoms with Gasteiger partial charge in [-0.2, -0.15) is 4.37 Å². The van der Waals surface area contributed by atoms with E-state index in [1.165, 1.54) is 18.0 Å². The molecule has 1 aromatic heterocycles. The van der Waals surface area contributed by atoms with Crippen LogP contribution in [0.25, 0.3) is 0 Å². The summed E-state index contributed by atoms with van der Waals surface area (Å²) < 4.78 is 9.77. The summed E-state index contributed by atoms with van der Waals surface area (Å²) >= 11 is 1.41. The van der Waals surface area contributed by atoms with Crippen molar-refractivity contribution in [1.29, 1.82) is 0 Å². The van der Waals surface area contributed by atoms with Gasteiger partial charge in [0.25, 0.3) is 0 Å². The van der Waals surface area contributed by atoms with Gasteiger partial charge >= 0.3 is 0 Å². The Morgan fingerprint density at radius 2 is 2.44 bits per heavy atom. The number of ether oxygens (including phenoxy) is 1. The number of aliphatic hydroxyl groups excluding tert-OH is 1. The fourth-order valence-corrected chi connectivity index (χ4v) is 3.23. The van der Waals surface area contributed by atoms with Gasteiger partial charge in [0.05, 0.1) is 6.61 Å². The minimum atomic E-state index is 0.266. The van der Waals surface area contributed by atoms with Gasteiger partial charge in [-0.15, -0.1) is 0 Å². The van der Waals surface area contributed by atoms with Crippen LogP contribution in [0.1, 0.15) is 26.2 Å². The molecule has 0 bridgehead atoms. The Balaban J connectivity index is 2.10. The fraction of sp³-hybridized carbons (Fsp3) is 0.750. The molecule has 2 rings (SSSR count). The summed E-state index contributed by atoms with van der Waals surface area (Å²) in [5.41, 5.74) is 5.84. The van der Waals surface area contributed by atoms with E-state index in [4.69, 9.17) is 15.6 Å². The molecule has 0 aliphatic carbocycles. The van der Waals surface area contributed by atoms with Crippen molar-refractivity contribution >= 4 is 22.4 Å². The van der Waals surface area contributed by atoms with Crippen LogP contribution in [0.4, 0.5) is 10.8 Å². The van der Waals surface area contributed by atoms with E-state index >= 15 is 0 Å². The lowest BCUT2D eigenvalue weighted by atomic mass is 9.95. The number of hydrogen-bond donors (Lipinski definition) is 2. The third-order valence-electron chi connectivity index (χ3n) is 3.29. The molecule has 3 N–H and O–H groups in total. The van der Waals surface area contributed by atoms with Crippen LogP contribution in [-0.4, -0.2) is 35.8 Å². The molecule has 5 nitrogen and oxygen atoms in total. The van der Waals surface area contributed by atoms with Gasteiger partial charge in [0.15, 0.2) is 16.6 Å². The van der Waals surface area contributed by atoms with Crippen LogP contribution in [-0.2, 0) is 0 Å². The number of anilines is 2. The van der Waals surface area contributed by atoms with Crippen molar-refractivity contribution in [3.05, 3.63) is 0 Å². The van der Waals surface area contributed by atoms with Gasteiger partial charge in [-0.25, -0.2) is 0 Å². The number of rotatable bonds is 5. The molecule has 1 aliphatic rings. The summed E-state index contributed by atoms with van der Waals surface area (Å²) in [6.07, 6.45) is 3.21. The molecule has 1 aliphatic heterocycles. The molecule has 1 aromatic rings. The van der Waals surface area contributed by atoms with E-state index in [2.05, 4.69) is 9.27 Å². The smallest absolute Gasteiger partial charge is 0.197 e. The van der Waals surface area contributed by atoms with E-state index in [0.29, 0.717) is 18.3 Å². The van der Waals surface area contributed by atoms with Crippen LogP contribution in [0.5, 0.6) is 5.75 Å². The Labute approximate surface area is 112 Å². The number of aromatic nitrogens is 1. The number of nitrogens with zero attached hydrogens (tertiary/aromatic N) is 2. The average Bonchev–Trinajstić information content (AvgIpc) is 2.73. The van der Waals surface area contributed by atoms with E-state index < -0.39 is 0 Å². The van der Waals surface area contributed by atoms with Crippen LogP contribution in [0, 0.1) is 5.92 Å². The minimum absolute atomic E-state index is 0.266. The molecule has 0 radical (unpaired) electrons. The van der Waals surface area contributed by atoms with Crippen LogP contribution >= 0.6 is 11.5 Å². The van der Waals surface area contributed by atoms with Gasteiger partial charge in [0.1, 0.15) is 0 Å². The van der Waals surface area contributed by atoms with Gasteiger partial charge < -0.3 is 20.5 Å². The molecule has 2 heterocycles. The van der Waals surface area contributed by atoms with Crippen LogP contribution in [0.2, 0.25) is 0 Å². The summed E-state index contributed by atoms with van der Waals surface area (Å²) in [5, 5.41) is 10.1. The molecule has 102 valence electrons. The second-order valence-corrected chi connectivity index (χ2v) is 5.35. The Morgan fingerprint density at radius 1 is 1.61 bits per heavy atom. The highest BCUT2D eigenvalue weighted by atomic mass is 32.1. The third kappa shape index (κ3) is 2.87. The van der Waals surface area contributed by atoms with E-state index in [1.807, 2.05) is 6.92 Å². The van der Waals surface area contributed by atoms with Crippen LogP contribution in [0.3, 0.4) is 0 Å². The molecular weight excluding hydrogens is 250 g/mol. The first-order valence-corrected chi connectivity index (χ1v) is 7.27. The van der Waals surface area contributed by atoms with E-state index in [1.54, 1.807) is 0 Å². The quantitative estimate of drug-likeness (QED) is 0.853. The molecule has 1 saturated heterocycles. The molecule has 0 aromatic carbocycles. The van der Waals surface area contributed by atoms with Gasteiger partial charge in [-0.3, -0.25) is 0 Å². The zero-order valence-corrected chi connectivity index (χ0v) is 11.6. The Hall–Kier alpha value is -1.01. The molecule has 0 spiro atoms. The predicted octanol–water partition coefficient (Wildman–Crippen LogP) is 1.72. The topological polar surface area (TPSA) is 71.6 Å². The van der Waals surface area contributed by atoms with E-state index in [9.17, 15) is 0 Å². The maximum absolute atomic E-state index is 9.05. The molecule has 1 fully saturated rings. The lowest BCUT2D eigenvalue weighted by molar-refractivity contribution is 0.244. The maximum atomic E-state index is 9.05. The second-order valence-electron chi connectivity index (χ2n) is 4.60. The SMILES string of the molecule is CCOc1c(N)nsc1N1CCCC(CCO)C1. The molecule has 1 unspecified atom stereocenters. The average molecular weight is 271 g/mol. The first-order chi connectivity index (χ1) is 8.76. The van der Waals surface area contributed by atoms with Crippen molar-refractivity contribution in [1.82, 2.24) is 4.37 Å². The molecule has 6 heteroatoms. The highest BCUT2D eigenvalue weighted by molar-refractivity contribution is 7.11. The number of hydrogen-bond acceptors (Lipinski definition) is 6. The number of piperidine rings is 1. The molecule has 18 heavy (non-hydrogen) atoms. The molecule has 0 saturated carbocycles. The van der Waals surface area contributed by atoms with Gasteiger partial charge in [0, 0.05) is 19.7 Å². The van der Waals surface area contributed by atoms with E-state index in [-0.39, 0.29) is 6.61 Å². The van der Waals surface area contributed by atoms with Crippen molar-refractivity contribution in [2.75, 3.05) is 36.9 Å². The highest BCUT2D eigenvalue weighted by Gasteiger charge is 2.25. The van der Waals surface area contributed by atoms with Gasteiger partial charge in [-0.1, -0.05) is 0 Å². The van der Waals surface area contributed by atoms with Gasteiger partial charge in [-0.05, 0) is 43.6 Å². The van der Waals surface area contributed by atoms with Crippen molar-refractivity contribution in [3.63, 3.8) is 0 Å². The zero-order valence-electron chi connectivity index (χ0n) is 10.8. The lowest BCUT2D eigenvalue weighted by Crippen LogP contribution is -2.35. The maximum Gasteiger partial charge on any atom is 0.197 e. The van der Waals surface area contributed by atoms with Crippen LogP contribution in [0.15, 0.2) is 0 Å². The molecular formula is C12H21N3O2S. The Kier molecular flexibility index (Phi) is 4.66. The van der Waals surface area contributed by atoms with Crippen molar-refractivity contribution in [2.45, 2.75) is 26.2 Å². The summed E-state index contributed by atoms with van der Waals surface area (Å²) in [6.45, 7) is 4.79. The second kappa shape index (κ2) is 6.24. The monoisotopic (exact) mass is 271 g/mol. The standard InChI is InChI=1S/C12H21N3O2S/c1-2-17-10-11(13)14-18-12(10)15-6-3-4-9(8-15)5-7-16/h9,16H,2-8H2,1H3,(H2,13,14). The first kappa shape index (κ1) is 13.4. The van der Waals surface area contributed by atoms with Crippen LogP contribution < -0.4 is 15.4 Å². The normalized spacial score (nSPS) is 20.1. The Morgan fingerprint density at radius 3 is 3.17 bits per heavy atom. The summed E-state index contributed by atoms with van der Waals surface area (Å²) in [5.74, 6) is 1.77. The van der Waals surface area contributed by atoms with Crippen molar-refractivity contribution in [2.24, 2.45) is 5.92 Å². The van der Waals surface area contributed by atoms with Crippen molar-refractivity contribution < 1.29 is 9.84 Å². The highest BCUT2D eigenvalue weighted by Crippen LogP contribution is 2.40. The largest absolute Gasteiger partial charge is 0.487 e. The summed E-state index contributed by atoms with van der Waals surface area (Å²) in [7, 11) is 0. The zero-order chi connectivity index (χ0) is 13.0. The number of nitrogens with two attached hydrogens (primary N) is 1. The molecule has 1 atom stereocenters. The Bertz CT molecular complexity index is 381. The number of aliphatic hydroxyl groups is 1. The lowest BCUT2D eigenvalue weighted by Gasteiger charge is -2.33. The summed E-state index contributed by atoms with van der Waals surface area (Å²) in [6, 6.07) is 0. The first-order valence-electron chi connectivity index (χ1n) is 6.50.